The quantitative estimate of drug-likeness (QED) is 0.921. The van der Waals surface area contributed by atoms with Crippen LogP contribution in [-0.2, 0) is 4.79 Å². The number of hydrogen-bond acceptors (Lipinski definition) is 3. The van der Waals surface area contributed by atoms with Gasteiger partial charge in [-0.05, 0) is 35.3 Å². The molecule has 86 valence electrons. The second-order valence-corrected chi connectivity index (χ2v) is 4.71. The SMILES string of the molecule is CCN1CCC(Nc2cncc(Br)c2)C1=O. The lowest BCUT2D eigenvalue weighted by Gasteiger charge is -2.15. The van der Waals surface area contributed by atoms with Gasteiger partial charge in [-0.3, -0.25) is 9.78 Å². The van der Waals surface area contributed by atoms with Gasteiger partial charge in [0.2, 0.25) is 5.91 Å². The van der Waals surface area contributed by atoms with Gasteiger partial charge in [0.1, 0.15) is 6.04 Å². The molecule has 1 atom stereocenters. The van der Waals surface area contributed by atoms with Crippen molar-refractivity contribution in [3.05, 3.63) is 22.9 Å². The Hall–Kier alpha value is -1.10. The highest BCUT2D eigenvalue weighted by Crippen LogP contribution is 2.19. The van der Waals surface area contributed by atoms with Crippen molar-refractivity contribution in [1.29, 1.82) is 0 Å². The molecular weight excluding hydrogens is 270 g/mol. The first-order valence-corrected chi connectivity index (χ1v) is 6.16. The van der Waals surface area contributed by atoms with E-state index in [0.29, 0.717) is 0 Å². The molecule has 0 saturated carbocycles. The molecule has 1 aromatic rings. The molecule has 1 aromatic heterocycles. The number of nitrogens with zero attached hydrogens (tertiary/aromatic N) is 2. The Morgan fingerprint density at radius 2 is 2.44 bits per heavy atom. The van der Waals surface area contributed by atoms with Gasteiger partial charge in [0.25, 0.3) is 0 Å². The molecule has 1 amide bonds. The fraction of sp³-hybridized carbons (Fsp3) is 0.455. The van der Waals surface area contributed by atoms with Crippen LogP contribution in [0.15, 0.2) is 22.9 Å². The highest BCUT2D eigenvalue weighted by molar-refractivity contribution is 9.10. The number of carbonyl (C=O) groups excluding carboxylic acids is 1. The highest BCUT2D eigenvalue weighted by Gasteiger charge is 2.30. The minimum atomic E-state index is -0.101. The molecule has 0 aliphatic carbocycles. The van der Waals surface area contributed by atoms with Crippen LogP contribution in [0.4, 0.5) is 5.69 Å². The normalized spacial score (nSPS) is 20.2. The Morgan fingerprint density at radius 1 is 1.62 bits per heavy atom. The van der Waals surface area contributed by atoms with Gasteiger partial charge in [0.05, 0.1) is 11.9 Å². The van der Waals surface area contributed by atoms with Gasteiger partial charge in [-0.1, -0.05) is 0 Å². The van der Waals surface area contributed by atoms with E-state index in [-0.39, 0.29) is 11.9 Å². The maximum atomic E-state index is 11.9. The number of carbonyl (C=O) groups is 1. The van der Waals surface area contributed by atoms with Gasteiger partial charge in [-0.2, -0.15) is 0 Å². The predicted molar refractivity (Wildman–Crippen MR) is 66.2 cm³/mol. The number of likely N-dealkylation sites (tertiary alicyclic amines) is 1. The highest BCUT2D eigenvalue weighted by atomic mass is 79.9. The second-order valence-electron chi connectivity index (χ2n) is 3.80. The van der Waals surface area contributed by atoms with E-state index in [1.165, 1.54) is 0 Å². The van der Waals surface area contributed by atoms with Crippen molar-refractivity contribution >= 4 is 27.5 Å². The van der Waals surface area contributed by atoms with E-state index in [4.69, 9.17) is 0 Å². The molecule has 1 N–H and O–H groups in total. The molecule has 0 spiro atoms. The van der Waals surface area contributed by atoms with E-state index in [1.807, 2.05) is 17.9 Å². The van der Waals surface area contributed by atoms with Crippen LogP contribution in [0.25, 0.3) is 0 Å². The van der Waals surface area contributed by atoms with E-state index >= 15 is 0 Å². The van der Waals surface area contributed by atoms with Crippen molar-refractivity contribution in [2.75, 3.05) is 18.4 Å². The molecule has 1 aliphatic heterocycles. The summed E-state index contributed by atoms with van der Waals surface area (Å²) in [5.41, 5.74) is 0.880. The Labute approximate surface area is 103 Å². The third-order valence-electron chi connectivity index (χ3n) is 2.72. The van der Waals surface area contributed by atoms with Gasteiger partial charge in [0.15, 0.2) is 0 Å². The van der Waals surface area contributed by atoms with Crippen molar-refractivity contribution in [3.8, 4) is 0 Å². The summed E-state index contributed by atoms with van der Waals surface area (Å²) < 4.78 is 0.912. The summed E-state index contributed by atoms with van der Waals surface area (Å²) >= 11 is 3.35. The Kier molecular flexibility index (Phi) is 3.43. The summed E-state index contributed by atoms with van der Waals surface area (Å²) in [7, 11) is 0. The number of amides is 1. The molecule has 2 rings (SSSR count). The van der Waals surface area contributed by atoms with Crippen LogP contribution < -0.4 is 5.32 Å². The summed E-state index contributed by atoms with van der Waals surface area (Å²) in [5, 5.41) is 3.21. The third-order valence-corrected chi connectivity index (χ3v) is 3.16. The fourth-order valence-corrected chi connectivity index (χ4v) is 2.24. The van der Waals surface area contributed by atoms with Crippen LogP contribution in [0.1, 0.15) is 13.3 Å². The van der Waals surface area contributed by atoms with Gasteiger partial charge in [-0.25, -0.2) is 0 Å². The Balaban J connectivity index is 2.03. The first-order chi connectivity index (χ1) is 7.70. The van der Waals surface area contributed by atoms with Crippen LogP contribution in [0.2, 0.25) is 0 Å². The van der Waals surface area contributed by atoms with E-state index < -0.39 is 0 Å². The van der Waals surface area contributed by atoms with Crippen molar-refractivity contribution in [2.45, 2.75) is 19.4 Å². The smallest absolute Gasteiger partial charge is 0.245 e. The van der Waals surface area contributed by atoms with Crippen LogP contribution in [-0.4, -0.2) is 34.9 Å². The van der Waals surface area contributed by atoms with Gasteiger partial charge in [0, 0.05) is 23.8 Å². The molecule has 0 bridgehead atoms. The number of hydrogen-bond donors (Lipinski definition) is 1. The summed E-state index contributed by atoms with van der Waals surface area (Å²) in [6.45, 7) is 3.63. The molecule has 1 unspecified atom stereocenters. The summed E-state index contributed by atoms with van der Waals surface area (Å²) in [6, 6.07) is 1.82. The molecule has 0 radical (unpaired) electrons. The van der Waals surface area contributed by atoms with Crippen LogP contribution in [0.3, 0.4) is 0 Å². The van der Waals surface area contributed by atoms with E-state index in [2.05, 4.69) is 26.2 Å². The lowest BCUT2D eigenvalue weighted by Crippen LogP contribution is -2.33. The number of aromatic nitrogens is 1. The number of likely N-dealkylation sites (N-methyl/N-ethyl adjacent to an activating group) is 1. The number of anilines is 1. The summed E-state index contributed by atoms with van der Waals surface area (Å²) in [6.07, 6.45) is 4.31. The Bertz CT molecular complexity index is 397. The summed E-state index contributed by atoms with van der Waals surface area (Å²) in [4.78, 5) is 17.8. The first kappa shape index (κ1) is 11.4. The average molecular weight is 284 g/mol. The lowest BCUT2D eigenvalue weighted by molar-refractivity contribution is -0.128. The topological polar surface area (TPSA) is 45.2 Å². The van der Waals surface area contributed by atoms with Crippen molar-refractivity contribution in [2.24, 2.45) is 0 Å². The molecule has 1 saturated heterocycles. The third kappa shape index (κ3) is 2.35. The first-order valence-electron chi connectivity index (χ1n) is 5.36. The second kappa shape index (κ2) is 4.82. The van der Waals surface area contributed by atoms with Gasteiger partial charge >= 0.3 is 0 Å². The molecular formula is C11H14BrN3O. The molecule has 1 aliphatic rings. The monoisotopic (exact) mass is 283 g/mol. The maximum absolute atomic E-state index is 11.9. The van der Waals surface area contributed by atoms with Gasteiger partial charge in [-0.15, -0.1) is 0 Å². The Morgan fingerprint density at radius 3 is 3.06 bits per heavy atom. The molecule has 16 heavy (non-hydrogen) atoms. The molecule has 1 fully saturated rings. The van der Waals surface area contributed by atoms with Crippen LogP contribution in [0.5, 0.6) is 0 Å². The zero-order valence-electron chi connectivity index (χ0n) is 9.11. The maximum Gasteiger partial charge on any atom is 0.245 e. The van der Waals surface area contributed by atoms with Gasteiger partial charge < -0.3 is 10.2 Å². The van der Waals surface area contributed by atoms with Crippen LogP contribution in [0, 0.1) is 0 Å². The fourth-order valence-electron chi connectivity index (χ4n) is 1.88. The minimum absolute atomic E-state index is 0.101. The van der Waals surface area contributed by atoms with E-state index in [1.54, 1.807) is 12.4 Å². The van der Waals surface area contributed by atoms with Crippen molar-refractivity contribution < 1.29 is 4.79 Å². The van der Waals surface area contributed by atoms with E-state index in [9.17, 15) is 4.79 Å². The van der Waals surface area contributed by atoms with Crippen molar-refractivity contribution in [3.63, 3.8) is 0 Å². The van der Waals surface area contributed by atoms with Crippen molar-refractivity contribution in [1.82, 2.24) is 9.88 Å². The largest absolute Gasteiger partial charge is 0.372 e. The molecule has 4 nitrogen and oxygen atoms in total. The standard InChI is InChI=1S/C11H14BrN3O/c1-2-15-4-3-10(11(15)16)14-9-5-8(12)6-13-7-9/h5-7,10,14H,2-4H2,1H3. The zero-order valence-corrected chi connectivity index (χ0v) is 10.7. The average Bonchev–Trinajstić information content (AvgIpc) is 2.60. The van der Waals surface area contributed by atoms with Crippen LogP contribution >= 0.6 is 15.9 Å². The van der Waals surface area contributed by atoms with E-state index in [0.717, 1.165) is 29.7 Å². The number of nitrogens with one attached hydrogen (secondary N) is 1. The number of pyridine rings is 1. The number of rotatable bonds is 3. The summed E-state index contributed by atoms with van der Waals surface area (Å²) in [5.74, 6) is 0.183. The lowest BCUT2D eigenvalue weighted by atomic mass is 10.2. The molecule has 0 aromatic carbocycles. The predicted octanol–water partition coefficient (Wildman–Crippen LogP) is 1.88. The molecule has 2 heterocycles. The zero-order chi connectivity index (χ0) is 11.5. The molecule has 5 heteroatoms. The minimum Gasteiger partial charge on any atom is -0.372 e. The number of halogens is 1.